The van der Waals surface area contributed by atoms with Crippen molar-refractivity contribution in [2.45, 2.75) is 41.3 Å². The van der Waals surface area contributed by atoms with Crippen LogP contribution in [0.4, 0.5) is 24.5 Å². The fourth-order valence-electron chi connectivity index (χ4n) is 5.66. The lowest BCUT2D eigenvalue weighted by Crippen LogP contribution is -2.21. The Morgan fingerprint density at radius 2 is 1.26 bits per heavy atom. The van der Waals surface area contributed by atoms with Crippen LogP contribution in [0, 0.1) is 0 Å². The number of nitrogens with two attached hydrogens (primary N) is 2. The molecule has 0 spiro atoms. The van der Waals surface area contributed by atoms with Crippen LogP contribution < -0.4 is 30.4 Å². The molecule has 13 nitrogen and oxygen atoms in total. The number of halogens is 7. The van der Waals surface area contributed by atoms with Crippen molar-refractivity contribution in [1.82, 2.24) is 0 Å². The first-order chi connectivity index (χ1) is 29.0. The lowest BCUT2D eigenvalue weighted by atomic mass is 10.1. The molecule has 2 atom stereocenters. The number of anilines is 2. The summed E-state index contributed by atoms with van der Waals surface area (Å²) in [6.07, 6.45) is -4.84. The van der Waals surface area contributed by atoms with Crippen LogP contribution in [0.5, 0.6) is 17.2 Å². The van der Waals surface area contributed by atoms with Gasteiger partial charge in [0.05, 0.1) is 24.2 Å². The van der Waals surface area contributed by atoms with Gasteiger partial charge >= 0.3 is 6.18 Å². The van der Waals surface area contributed by atoms with Crippen LogP contribution >= 0.6 is 46.4 Å². The number of hydrogen-bond donors (Lipinski definition) is 4. The summed E-state index contributed by atoms with van der Waals surface area (Å²) in [5.74, 6) is 0.0693. The molecule has 62 heavy (non-hydrogen) atoms. The van der Waals surface area contributed by atoms with Gasteiger partial charge in [-0.1, -0.05) is 64.6 Å². The summed E-state index contributed by atoms with van der Waals surface area (Å²) in [4.78, 5) is 24.1. The number of carbonyl (C=O) groups excluding carboxylic acids is 2. The topological polar surface area (TPSA) is 214 Å². The monoisotopic (exact) mass is 994 g/mol. The van der Waals surface area contributed by atoms with E-state index in [0.717, 1.165) is 6.07 Å². The van der Waals surface area contributed by atoms with E-state index in [1.807, 2.05) is 0 Å². The van der Waals surface area contributed by atoms with Crippen molar-refractivity contribution in [2.24, 2.45) is 10.3 Å². The van der Waals surface area contributed by atoms with Crippen molar-refractivity contribution in [3.05, 3.63) is 134 Å². The molecule has 6 N–H and O–H groups in total. The maximum Gasteiger partial charge on any atom is 0.416 e. The van der Waals surface area contributed by atoms with Gasteiger partial charge in [0, 0.05) is 48.0 Å². The van der Waals surface area contributed by atoms with Crippen molar-refractivity contribution in [2.75, 3.05) is 22.1 Å². The Morgan fingerprint density at radius 1 is 0.726 bits per heavy atom. The molecule has 0 saturated carbocycles. The average molecular weight is 997 g/mol. The van der Waals surface area contributed by atoms with E-state index in [4.69, 9.17) is 66.2 Å². The first-order valence-corrected chi connectivity index (χ1v) is 23.7. The Morgan fingerprint density at radius 3 is 1.77 bits per heavy atom. The summed E-state index contributed by atoms with van der Waals surface area (Å²) in [6.45, 7) is 0. The van der Waals surface area contributed by atoms with Crippen LogP contribution in [0.15, 0.2) is 107 Å². The van der Waals surface area contributed by atoms with E-state index >= 15 is 0 Å². The number of primary sulfonamides is 2. The SMILES string of the molecule is NS(=O)(=O)c1cc(NC(=O)Cc2c(Cl)cc(C(F)(F)F)cc2Cl)ccc1Oc1ccc(Cl)cc1.NS(=O)(=O)c1cc(NC(=O)Cc2ccccc2Cl)ccc1OC1CCS(=O)C1. The fourth-order valence-corrected chi connectivity index (χ4v) is 9.32. The largest absolute Gasteiger partial charge is 0.488 e. The molecule has 2 amide bonds. The normalized spacial score (nSPS) is 15.2. The first-order valence-electron chi connectivity index (χ1n) is 17.6. The van der Waals surface area contributed by atoms with Gasteiger partial charge in [-0.2, -0.15) is 13.2 Å². The highest BCUT2D eigenvalue weighted by atomic mass is 35.5. The van der Waals surface area contributed by atoms with E-state index in [1.165, 1.54) is 42.5 Å². The Balaban J connectivity index is 0.000000238. The maximum absolute atomic E-state index is 12.9. The number of ether oxygens (including phenoxy) is 2. The lowest BCUT2D eigenvalue weighted by Gasteiger charge is -2.16. The molecule has 330 valence electrons. The minimum absolute atomic E-state index is 0.0248. The predicted octanol–water partition coefficient (Wildman–Crippen LogP) is 8.35. The van der Waals surface area contributed by atoms with Gasteiger partial charge in [0.25, 0.3) is 0 Å². The summed E-state index contributed by atoms with van der Waals surface area (Å²) in [5.41, 5.74) is -0.119. The number of sulfonamides is 2. The number of amides is 2. The van der Waals surface area contributed by atoms with Crippen LogP contribution in [-0.2, 0) is 59.5 Å². The summed E-state index contributed by atoms with van der Waals surface area (Å²) < 4.78 is 109. The molecule has 1 heterocycles. The minimum atomic E-state index is -4.66. The van der Waals surface area contributed by atoms with Crippen LogP contribution in [0.1, 0.15) is 23.1 Å². The predicted molar refractivity (Wildman–Crippen MR) is 232 cm³/mol. The molecule has 1 fully saturated rings. The van der Waals surface area contributed by atoms with Gasteiger partial charge in [-0.3, -0.25) is 13.8 Å². The number of alkyl halides is 3. The second kappa shape index (κ2) is 20.4. The Labute approximate surface area is 376 Å². The Kier molecular flexibility index (Phi) is 16.0. The first kappa shape index (κ1) is 48.6. The van der Waals surface area contributed by atoms with E-state index in [1.54, 1.807) is 36.4 Å². The van der Waals surface area contributed by atoms with Gasteiger partial charge in [-0.15, -0.1) is 0 Å². The van der Waals surface area contributed by atoms with Crippen LogP contribution in [0.3, 0.4) is 0 Å². The molecule has 0 radical (unpaired) electrons. The van der Waals surface area contributed by atoms with E-state index in [-0.39, 0.29) is 67.6 Å². The summed E-state index contributed by atoms with van der Waals surface area (Å²) >= 11 is 23.7. The third kappa shape index (κ3) is 13.8. The number of benzene rings is 5. The zero-order valence-corrected chi connectivity index (χ0v) is 37.0. The second-order valence-corrected chi connectivity index (χ2v) is 19.6. The minimum Gasteiger partial charge on any atom is -0.488 e. The third-order valence-electron chi connectivity index (χ3n) is 8.56. The fraction of sp³-hybridized carbons (Fsp3) is 0.179. The van der Waals surface area contributed by atoms with E-state index in [9.17, 15) is 43.8 Å². The van der Waals surface area contributed by atoms with Crippen molar-refractivity contribution < 1.29 is 53.3 Å². The van der Waals surface area contributed by atoms with Crippen molar-refractivity contribution in [3.63, 3.8) is 0 Å². The molecule has 1 aliphatic heterocycles. The highest BCUT2D eigenvalue weighted by Crippen LogP contribution is 2.37. The molecule has 0 bridgehead atoms. The van der Waals surface area contributed by atoms with E-state index in [0.29, 0.717) is 45.7 Å². The van der Waals surface area contributed by atoms with Crippen LogP contribution in [0.2, 0.25) is 20.1 Å². The van der Waals surface area contributed by atoms with E-state index < -0.39 is 59.8 Å². The molecule has 1 saturated heterocycles. The molecule has 0 aliphatic carbocycles. The van der Waals surface area contributed by atoms with Gasteiger partial charge < -0.3 is 20.1 Å². The quantitative estimate of drug-likeness (QED) is 0.0944. The van der Waals surface area contributed by atoms with Gasteiger partial charge in [-0.25, -0.2) is 27.1 Å². The Hall–Kier alpha value is -4.44. The van der Waals surface area contributed by atoms with Gasteiger partial charge in [-0.05, 0) is 96.4 Å². The standard InChI is InChI=1S/C21H14Cl3F3N2O4S.C18H19ClN2O5S2/c22-12-1-4-14(5-2-12)33-18-6-3-13(9-19(18)34(28,31)32)29-20(30)10-15-16(23)7-11(8-17(15)24)21(25,26)27;19-15-4-2-1-3-12(15)9-18(22)21-13-5-6-16(17(10-13)28(20,24)25)26-14-7-8-27(23)11-14/h1-9H,10H2,(H,29,30)(H2,28,31,32);1-6,10,14H,7-9,11H2,(H,21,22)(H2,20,24,25). The highest BCUT2D eigenvalue weighted by molar-refractivity contribution is 7.89. The molecular formula is C39H33Cl4F3N4O9S3. The lowest BCUT2D eigenvalue weighted by molar-refractivity contribution is -0.137. The van der Waals surface area contributed by atoms with Gasteiger partial charge in [0.1, 0.15) is 33.1 Å². The van der Waals surface area contributed by atoms with Crippen molar-refractivity contribution in [1.29, 1.82) is 0 Å². The average Bonchev–Trinajstić information content (AvgIpc) is 3.59. The Bertz CT molecular complexity index is 2730. The second-order valence-electron chi connectivity index (χ2n) is 13.3. The van der Waals surface area contributed by atoms with Crippen LogP contribution in [-0.4, -0.2) is 50.5 Å². The van der Waals surface area contributed by atoms with Crippen molar-refractivity contribution in [3.8, 4) is 17.2 Å². The molecule has 2 unspecified atom stereocenters. The summed E-state index contributed by atoms with van der Waals surface area (Å²) in [7, 11) is -9.31. The molecule has 5 aromatic rings. The zero-order valence-electron chi connectivity index (χ0n) is 31.5. The smallest absolute Gasteiger partial charge is 0.416 e. The summed E-state index contributed by atoms with van der Waals surface area (Å²) in [5, 5.41) is 15.9. The molecule has 6 rings (SSSR count). The number of rotatable bonds is 12. The number of carbonyl (C=O) groups is 2. The maximum atomic E-state index is 12.9. The van der Waals surface area contributed by atoms with Gasteiger partial charge in [0.15, 0.2) is 0 Å². The van der Waals surface area contributed by atoms with Crippen molar-refractivity contribution >= 4 is 100 Å². The number of hydrogen-bond acceptors (Lipinski definition) is 9. The number of nitrogens with one attached hydrogen (secondary N) is 2. The molecular weight excluding hydrogens is 963 g/mol. The summed E-state index contributed by atoms with van der Waals surface area (Å²) in [6, 6.07) is 22.3. The van der Waals surface area contributed by atoms with Crippen LogP contribution in [0.25, 0.3) is 0 Å². The third-order valence-corrected chi connectivity index (χ3v) is 13.2. The molecule has 0 aromatic heterocycles. The van der Waals surface area contributed by atoms with E-state index in [2.05, 4.69) is 10.6 Å². The highest BCUT2D eigenvalue weighted by Gasteiger charge is 2.32. The molecule has 5 aromatic carbocycles. The zero-order chi connectivity index (χ0) is 45.6. The molecule has 1 aliphatic rings. The molecule has 23 heteroatoms. The van der Waals surface area contributed by atoms with Gasteiger partial charge in [0.2, 0.25) is 31.9 Å².